The molecule has 0 fully saturated rings. The smallest absolute Gasteiger partial charge is 0.160 e. The molecule has 0 aliphatic carbocycles. The van der Waals surface area contributed by atoms with Crippen molar-refractivity contribution in [1.29, 1.82) is 0 Å². The van der Waals surface area contributed by atoms with Crippen LogP contribution in [-0.2, 0) is 6.54 Å². The average molecular weight is 511 g/mol. The summed E-state index contributed by atoms with van der Waals surface area (Å²) >= 11 is 3.53. The minimum atomic E-state index is 0.535. The van der Waals surface area contributed by atoms with Crippen molar-refractivity contribution in [2.75, 3.05) is 43.9 Å². The van der Waals surface area contributed by atoms with Crippen molar-refractivity contribution in [3.05, 3.63) is 59.8 Å². The summed E-state index contributed by atoms with van der Waals surface area (Å²) in [5, 5.41) is 17.2. The van der Waals surface area contributed by atoms with Gasteiger partial charge in [0.15, 0.2) is 5.82 Å². The number of rotatable bonds is 7. The van der Waals surface area contributed by atoms with E-state index in [9.17, 15) is 0 Å². The van der Waals surface area contributed by atoms with E-state index < -0.39 is 0 Å². The first-order chi connectivity index (χ1) is 17.5. The van der Waals surface area contributed by atoms with Crippen LogP contribution in [0.5, 0.6) is 11.5 Å². The zero-order valence-corrected chi connectivity index (χ0v) is 23.1. The van der Waals surface area contributed by atoms with Crippen LogP contribution < -0.4 is 25.8 Å². The van der Waals surface area contributed by atoms with Crippen LogP contribution in [0.1, 0.15) is 31.5 Å². The normalized spacial score (nSPS) is 10.0. The second-order valence-electron chi connectivity index (χ2n) is 7.77. The van der Waals surface area contributed by atoms with Gasteiger partial charge in [-0.2, -0.15) is 17.7 Å². The molecule has 0 aliphatic rings. The molecule has 9 heteroatoms. The maximum absolute atomic E-state index is 6.62. The van der Waals surface area contributed by atoms with Crippen molar-refractivity contribution >= 4 is 40.9 Å². The van der Waals surface area contributed by atoms with Gasteiger partial charge in [0.1, 0.15) is 23.1 Å². The highest BCUT2D eigenvalue weighted by Gasteiger charge is 2.22. The average Bonchev–Trinajstić information content (AvgIpc) is 3.23. The monoisotopic (exact) mass is 510 g/mol. The standard InChI is InChI=1S/C23H26N6O2.C3H8.CH4S/c1-14-19-20(22(28-27-14)26-13-15-7-5-6-8-18(15)31-4)23(25-2)29(21(19)24)16-9-11-17(30-3)12-10-16;1-3-2;1-2/h5-12,25H,13,24H2,1-4H3,(H,26,28);3H2,1-2H3;2H,1H3. The van der Waals surface area contributed by atoms with Crippen molar-refractivity contribution in [2.45, 2.75) is 33.7 Å². The van der Waals surface area contributed by atoms with Crippen LogP contribution in [0.4, 0.5) is 17.5 Å². The van der Waals surface area contributed by atoms with Crippen molar-refractivity contribution in [3.8, 4) is 17.2 Å². The molecule has 0 aliphatic heterocycles. The number of nitrogens with one attached hydrogen (secondary N) is 2. The number of fused-ring (bicyclic) bond motifs is 1. The van der Waals surface area contributed by atoms with Gasteiger partial charge in [-0.15, -0.1) is 5.10 Å². The number of hydrogen-bond donors (Lipinski definition) is 4. The summed E-state index contributed by atoms with van der Waals surface area (Å²) in [6.45, 7) is 6.70. The van der Waals surface area contributed by atoms with Crippen LogP contribution in [0.3, 0.4) is 0 Å². The Labute approximate surface area is 219 Å². The Morgan fingerprint density at radius 2 is 1.58 bits per heavy atom. The van der Waals surface area contributed by atoms with Crippen LogP contribution in [0.15, 0.2) is 48.5 Å². The molecule has 36 heavy (non-hydrogen) atoms. The topological polar surface area (TPSA) is 99.3 Å². The molecule has 2 aromatic carbocycles. The van der Waals surface area contributed by atoms with E-state index in [0.717, 1.165) is 45.0 Å². The molecule has 0 radical (unpaired) electrons. The number of nitrogens with two attached hydrogens (primary N) is 1. The lowest BCUT2D eigenvalue weighted by molar-refractivity contribution is 0.410. The van der Waals surface area contributed by atoms with Crippen LogP contribution in [0.2, 0.25) is 0 Å². The van der Waals surface area contributed by atoms with Crippen molar-refractivity contribution < 1.29 is 9.47 Å². The van der Waals surface area contributed by atoms with E-state index in [1.165, 1.54) is 6.42 Å². The van der Waals surface area contributed by atoms with Crippen molar-refractivity contribution in [1.82, 2.24) is 14.8 Å². The van der Waals surface area contributed by atoms with Gasteiger partial charge in [0.2, 0.25) is 0 Å². The number of methoxy groups -OCH3 is 2. The van der Waals surface area contributed by atoms with Gasteiger partial charge < -0.3 is 25.8 Å². The molecule has 0 saturated carbocycles. The van der Waals surface area contributed by atoms with Gasteiger partial charge >= 0.3 is 0 Å². The SMILES string of the molecule is CCC.CNc1c2c(NCc3ccccc3OC)nnc(C)c2c(N)n1-c1ccc(OC)cc1.CS. The van der Waals surface area contributed by atoms with Gasteiger partial charge in [0.25, 0.3) is 0 Å². The molecule has 0 spiro atoms. The lowest BCUT2D eigenvalue weighted by Crippen LogP contribution is -2.06. The number of aromatic nitrogens is 3. The number of anilines is 3. The Hall–Kier alpha value is -3.59. The first-order valence-corrected chi connectivity index (χ1v) is 12.7. The number of aryl methyl sites for hydroxylation is 1. The molecular weight excluding hydrogens is 472 g/mol. The summed E-state index contributed by atoms with van der Waals surface area (Å²) < 4.78 is 12.7. The van der Waals surface area contributed by atoms with Crippen molar-refractivity contribution in [2.24, 2.45) is 0 Å². The summed E-state index contributed by atoms with van der Waals surface area (Å²) in [6, 6.07) is 15.6. The minimum Gasteiger partial charge on any atom is -0.497 e. The van der Waals surface area contributed by atoms with E-state index in [1.807, 2.05) is 67.1 Å². The lowest BCUT2D eigenvalue weighted by Gasteiger charge is -2.13. The Balaban J connectivity index is 0.000000850. The third kappa shape index (κ3) is 6.15. The Morgan fingerprint density at radius 3 is 2.17 bits per heavy atom. The zero-order chi connectivity index (χ0) is 26.7. The number of para-hydroxylation sites is 1. The molecule has 4 N–H and O–H groups in total. The molecule has 0 amide bonds. The Bertz CT molecular complexity index is 1240. The van der Waals surface area contributed by atoms with E-state index in [-0.39, 0.29) is 0 Å². The van der Waals surface area contributed by atoms with Crippen molar-refractivity contribution in [3.63, 3.8) is 0 Å². The number of nitrogen functional groups attached to an aromatic ring is 1. The fraction of sp³-hybridized carbons (Fsp3) is 0.333. The highest BCUT2D eigenvalue weighted by Crippen LogP contribution is 2.40. The van der Waals surface area contributed by atoms with Crippen LogP contribution in [-0.4, -0.2) is 42.3 Å². The number of thiol groups is 1. The largest absolute Gasteiger partial charge is 0.497 e. The molecular formula is C27H38N6O2S. The molecule has 0 unspecified atom stereocenters. The Kier molecular flexibility index (Phi) is 11.2. The predicted octanol–water partition coefficient (Wildman–Crippen LogP) is 5.94. The summed E-state index contributed by atoms with van der Waals surface area (Å²) in [5.41, 5.74) is 9.31. The van der Waals surface area contributed by atoms with Gasteiger partial charge in [-0.25, -0.2) is 0 Å². The summed E-state index contributed by atoms with van der Waals surface area (Å²) in [4.78, 5) is 0. The van der Waals surface area contributed by atoms with Crippen LogP contribution >= 0.6 is 12.6 Å². The second kappa shape index (κ2) is 14.1. The molecule has 4 rings (SSSR count). The van der Waals surface area contributed by atoms with Crippen LogP contribution in [0, 0.1) is 6.92 Å². The van der Waals surface area contributed by atoms with Crippen LogP contribution in [0.25, 0.3) is 16.5 Å². The molecule has 0 atom stereocenters. The highest BCUT2D eigenvalue weighted by atomic mass is 32.1. The summed E-state index contributed by atoms with van der Waals surface area (Å²) in [5.74, 6) is 3.67. The summed E-state index contributed by atoms with van der Waals surface area (Å²) in [7, 11) is 5.18. The van der Waals surface area contributed by atoms with Gasteiger partial charge in [0.05, 0.1) is 30.7 Å². The molecule has 0 bridgehead atoms. The third-order valence-corrected chi connectivity index (χ3v) is 5.31. The maximum Gasteiger partial charge on any atom is 0.160 e. The molecule has 0 saturated heterocycles. The molecule has 4 aromatic rings. The predicted molar refractivity (Wildman–Crippen MR) is 155 cm³/mol. The van der Waals surface area contributed by atoms with E-state index >= 15 is 0 Å². The van der Waals surface area contributed by atoms with E-state index in [4.69, 9.17) is 15.2 Å². The van der Waals surface area contributed by atoms with E-state index in [2.05, 4.69) is 47.3 Å². The van der Waals surface area contributed by atoms with Gasteiger partial charge in [0, 0.05) is 24.8 Å². The number of nitrogens with zero attached hydrogens (tertiary/aromatic N) is 3. The summed E-state index contributed by atoms with van der Waals surface area (Å²) in [6.07, 6.45) is 2.94. The second-order valence-corrected chi connectivity index (χ2v) is 7.77. The molecule has 2 heterocycles. The van der Waals surface area contributed by atoms with Gasteiger partial charge in [-0.3, -0.25) is 4.57 Å². The van der Waals surface area contributed by atoms with E-state index in [0.29, 0.717) is 18.2 Å². The van der Waals surface area contributed by atoms with E-state index in [1.54, 1.807) is 20.5 Å². The fourth-order valence-corrected chi connectivity index (χ4v) is 3.80. The van der Waals surface area contributed by atoms with Gasteiger partial charge in [-0.05, 0) is 43.5 Å². The third-order valence-electron chi connectivity index (χ3n) is 5.31. The minimum absolute atomic E-state index is 0.535. The maximum atomic E-state index is 6.62. The first kappa shape index (κ1) is 28.6. The number of ether oxygens (including phenoxy) is 2. The molecule has 194 valence electrons. The molecule has 8 nitrogen and oxygen atoms in total. The molecule has 2 aromatic heterocycles. The quantitative estimate of drug-likeness (QED) is 0.228. The number of hydrogen-bond acceptors (Lipinski definition) is 8. The lowest BCUT2D eigenvalue weighted by atomic mass is 10.2. The van der Waals surface area contributed by atoms with Gasteiger partial charge in [-0.1, -0.05) is 38.5 Å². The Morgan fingerprint density at radius 1 is 0.944 bits per heavy atom. The highest BCUT2D eigenvalue weighted by molar-refractivity contribution is 7.79. The first-order valence-electron chi connectivity index (χ1n) is 11.8. The fourth-order valence-electron chi connectivity index (χ4n) is 3.80. The number of benzene rings is 2. The zero-order valence-electron chi connectivity index (χ0n) is 22.2.